The van der Waals surface area contributed by atoms with Crippen molar-refractivity contribution in [3.63, 3.8) is 0 Å². The molecule has 1 fully saturated rings. The van der Waals surface area contributed by atoms with Gasteiger partial charge in [0.15, 0.2) is 0 Å². The minimum atomic E-state index is -0.644. The van der Waals surface area contributed by atoms with Crippen molar-refractivity contribution in [3.05, 3.63) is 82.6 Å². The normalized spacial score (nSPS) is 20.7. The largest absolute Gasteiger partial charge is 0.391 e. The summed E-state index contributed by atoms with van der Waals surface area (Å²) in [7, 11) is 3.91. The van der Waals surface area contributed by atoms with Crippen molar-refractivity contribution < 1.29 is 4.39 Å². The highest BCUT2D eigenvalue weighted by Crippen LogP contribution is 2.24. The number of hydrogen-bond acceptors (Lipinski definition) is 5. The zero-order valence-corrected chi connectivity index (χ0v) is 18.7. The van der Waals surface area contributed by atoms with Crippen molar-refractivity contribution in [2.24, 2.45) is 5.92 Å². The van der Waals surface area contributed by atoms with Gasteiger partial charge in [0.1, 0.15) is 17.7 Å². The van der Waals surface area contributed by atoms with E-state index in [9.17, 15) is 4.39 Å². The molecular formula is C25H29FN6. The van der Waals surface area contributed by atoms with Crippen LogP contribution in [0.25, 0.3) is 0 Å². The molecule has 6 nitrogen and oxygen atoms in total. The Morgan fingerprint density at radius 3 is 2.81 bits per heavy atom. The molecule has 166 valence electrons. The van der Waals surface area contributed by atoms with E-state index in [1.807, 2.05) is 25.3 Å². The second-order valence-electron chi connectivity index (χ2n) is 8.14. The summed E-state index contributed by atoms with van der Waals surface area (Å²) in [5.74, 6) is -0.184. The number of nitrogens with zero attached hydrogens (tertiary/aromatic N) is 3. The Morgan fingerprint density at radius 2 is 2.16 bits per heavy atom. The van der Waals surface area contributed by atoms with Crippen molar-refractivity contribution >= 4 is 11.5 Å². The van der Waals surface area contributed by atoms with Gasteiger partial charge in [0.25, 0.3) is 0 Å². The molecule has 1 aromatic carbocycles. The molecule has 32 heavy (non-hydrogen) atoms. The Hall–Kier alpha value is -3.50. The Kier molecular flexibility index (Phi) is 7.39. The van der Waals surface area contributed by atoms with Gasteiger partial charge in [-0.1, -0.05) is 6.08 Å². The van der Waals surface area contributed by atoms with Crippen molar-refractivity contribution in [2.75, 3.05) is 27.2 Å². The summed E-state index contributed by atoms with van der Waals surface area (Å²) in [5, 5.41) is 29.2. The first-order valence-electron chi connectivity index (χ1n) is 10.7. The van der Waals surface area contributed by atoms with Crippen LogP contribution in [0.4, 0.5) is 4.39 Å². The van der Waals surface area contributed by atoms with E-state index >= 15 is 0 Å². The second-order valence-corrected chi connectivity index (χ2v) is 8.14. The van der Waals surface area contributed by atoms with Crippen LogP contribution in [0.2, 0.25) is 0 Å². The summed E-state index contributed by atoms with van der Waals surface area (Å²) in [6.45, 7) is 3.94. The smallest absolute Gasteiger partial charge is 0.141 e. The van der Waals surface area contributed by atoms with E-state index in [0.29, 0.717) is 22.9 Å². The maximum atomic E-state index is 14.3. The molecule has 1 aliphatic carbocycles. The second kappa shape index (κ2) is 10.2. The third-order valence-electron chi connectivity index (χ3n) is 5.83. The predicted molar refractivity (Wildman–Crippen MR) is 126 cm³/mol. The number of hydrogen-bond donors (Lipinski definition) is 3. The van der Waals surface area contributed by atoms with Gasteiger partial charge in [-0.3, -0.25) is 5.41 Å². The summed E-state index contributed by atoms with van der Waals surface area (Å²) >= 11 is 0. The molecule has 7 heteroatoms. The van der Waals surface area contributed by atoms with E-state index < -0.39 is 5.82 Å². The maximum Gasteiger partial charge on any atom is 0.141 e. The average Bonchev–Trinajstić information content (AvgIpc) is 2.79. The first-order valence-corrected chi connectivity index (χ1v) is 10.7. The fourth-order valence-corrected chi connectivity index (χ4v) is 3.88. The van der Waals surface area contributed by atoms with Gasteiger partial charge in [0.2, 0.25) is 0 Å². The highest BCUT2D eigenvalue weighted by molar-refractivity contribution is 6.10. The van der Waals surface area contributed by atoms with E-state index in [-0.39, 0.29) is 11.4 Å². The van der Waals surface area contributed by atoms with Gasteiger partial charge < -0.3 is 20.5 Å². The van der Waals surface area contributed by atoms with Gasteiger partial charge in [-0.05, 0) is 75.7 Å². The van der Waals surface area contributed by atoms with Gasteiger partial charge in [0.05, 0.1) is 11.3 Å². The molecule has 1 heterocycles. The quantitative estimate of drug-likeness (QED) is 0.482. The van der Waals surface area contributed by atoms with Crippen LogP contribution in [-0.4, -0.2) is 48.5 Å². The molecule has 1 saturated heterocycles. The Bertz CT molecular complexity index is 1070. The maximum absolute atomic E-state index is 14.3. The zero-order valence-electron chi connectivity index (χ0n) is 18.7. The summed E-state index contributed by atoms with van der Waals surface area (Å²) in [6, 6.07) is 6.03. The third kappa shape index (κ3) is 5.21. The minimum absolute atomic E-state index is 0.0472. The number of nitriles is 1. The standard InChI is InChI=1S/C25H29FN6/c1-17(30-2)22-14-21(8-9-24(22)28)32(12-10-18-5-4-11-31(3)16-18)25(29)19-6-7-20(15-27)23(26)13-19/h6-10,12-14,18,28-30H,4-5,11,16H2,1-3H3/b12-10+,22-17-,28-24?,29-25?. The van der Waals surface area contributed by atoms with Crippen LogP contribution in [0, 0.1) is 33.9 Å². The third-order valence-corrected chi connectivity index (χ3v) is 5.83. The van der Waals surface area contributed by atoms with Crippen molar-refractivity contribution in [3.8, 4) is 6.07 Å². The fraction of sp³-hybridized carbons (Fsp3) is 0.320. The van der Waals surface area contributed by atoms with Crippen LogP contribution in [0.5, 0.6) is 0 Å². The Balaban J connectivity index is 2.00. The number of benzene rings is 1. The highest BCUT2D eigenvalue weighted by atomic mass is 19.1. The summed E-state index contributed by atoms with van der Waals surface area (Å²) in [6.07, 6.45) is 11.5. The Morgan fingerprint density at radius 1 is 1.38 bits per heavy atom. The number of piperidine rings is 1. The highest BCUT2D eigenvalue weighted by Gasteiger charge is 2.20. The molecule has 0 bridgehead atoms. The lowest BCUT2D eigenvalue weighted by molar-refractivity contribution is 0.237. The monoisotopic (exact) mass is 432 g/mol. The number of rotatable bonds is 5. The van der Waals surface area contributed by atoms with Gasteiger partial charge in [0, 0.05) is 42.3 Å². The SMILES string of the molecule is CN/C(C)=C1/C=C(N(/C=C/C2CCCN(C)C2)C(=N)c2ccc(C#N)c(F)c2)C=CC1=N. The van der Waals surface area contributed by atoms with E-state index in [0.717, 1.165) is 37.2 Å². The number of amidine groups is 1. The molecular weight excluding hydrogens is 403 g/mol. The molecule has 0 saturated carbocycles. The topological polar surface area (TPSA) is 90.0 Å². The number of allylic oxidation sites excluding steroid dienone is 5. The number of likely N-dealkylation sites (tertiary alicyclic amines) is 1. The molecule has 1 unspecified atom stereocenters. The van der Waals surface area contributed by atoms with Crippen LogP contribution in [0.1, 0.15) is 30.9 Å². The fourth-order valence-electron chi connectivity index (χ4n) is 3.88. The van der Waals surface area contributed by atoms with Crippen molar-refractivity contribution in [1.29, 1.82) is 16.1 Å². The van der Waals surface area contributed by atoms with Crippen molar-refractivity contribution in [2.45, 2.75) is 19.8 Å². The molecule has 0 amide bonds. The van der Waals surface area contributed by atoms with Gasteiger partial charge >= 0.3 is 0 Å². The molecule has 0 radical (unpaired) electrons. The van der Waals surface area contributed by atoms with Gasteiger partial charge in [-0.25, -0.2) is 4.39 Å². The van der Waals surface area contributed by atoms with Crippen LogP contribution in [-0.2, 0) is 0 Å². The van der Waals surface area contributed by atoms with Crippen LogP contribution >= 0.6 is 0 Å². The number of halogens is 1. The number of nitrogens with one attached hydrogen (secondary N) is 3. The average molecular weight is 433 g/mol. The van der Waals surface area contributed by atoms with E-state index in [1.165, 1.54) is 12.1 Å². The van der Waals surface area contributed by atoms with Gasteiger partial charge in [-0.15, -0.1) is 0 Å². The lowest BCUT2D eigenvalue weighted by Gasteiger charge is -2.29. The van der Waals surface area contributed by atoms with E-state index in [4.69, 9.17) is 16.1 Å². The lowest BCUT2D eigenvalue weighted by atomic mass is 9.98. The molecule has 1 aromatic rings. The van der Waals surface area contributed by atoms with Crippen molar-refractivity contribution in [1.82, 2.24) is 15.1 Å². The molecule has 1 atom stereocenters. The molecule has 3 rings (SSSR count). The summed E-state index contributed by atoms with van der Waals surface area (Å²) < 4.78 is 14.3. The molecule has 2 aliphatic rings. The van der Waals surface area contributed by atoms with Gasteiger partial charge in [-0.2, -0.15) is 5.26 Å². The summed E-state index contributed by atoms with van der Waals surface area (Å²) in [4.78, 5) is 4.00. The predicted octanol–water partition coefficient (Wildman–Crippen LogP) is 4.15. The lowest BCUT2D eigenvalue weighted by Crippen LogP contribution is -2.32. The minimum Gasteiger partial charge on any atom is -0.391 e. The molecule has 0 spiro atoms. The van der Waals surface area contributed by atoms with E-state index in [1.54, 1.807) is 30.2 Å². The Labute approximate surface area is 189 Å². The summed E-state index contributed by atoms with van der Waals surface area (Å²) in [5.41, 5.74) is 3.01. The first-order chi connectivity index (χ1) is 15.3. The van der Waals surface area contributed by atoms with Crippen LogP contribution in [0.3, 0.4) is 0 Å². The van der Waals surface area contributed by atoms with E-state index in [2.05, 4.69) is 23.3 Å². The molecule has 1 aliphatic heterocycles. The molecule has 3 N–H and O–H groups in total. The van der Waals surface area contributed by atoms with Crippen LogP contribution < -0.4 is 5.32 Å². The first kappa shape index (κ1) is 23.2. The zero-order chi connectivity index (χ0) is 23.3. The molecule has 0 aromatic heterocycles. The van der Waals surface area contributed by atoms with Crippen LogP contribution in [0.15, 0.2) is 65.7 Å².